The lowest BCUT2D eigenvalue weighted by atomic mass is 10.1. The Morgan fingerprint density at radius 3 is 2.45 bits per heavy atom. The average Bonchev–Trinajstić information content (AvgIpc) is 2.70. The van der Waals surface area contributed by atoms with E-state index in [1.54, 1.807) is 23.6 Å². The molecule has 1 unspecified atom stereocenters. The van der Waals surface area contributed by atoms with Crippen molar-refractivity contribution in [3.05, 3.63) is 64.6 Å². The first-order valence-corrected chi connectivity index (χ1v) is 11.6. The van der Waals surface area contributed by atoms with Gasteiger partial charge < -0.3 is 10.2 Å². The highest BCUT2D eigenvalue weighted by Gasteiger charge is 2.26. The molecule has 2 aromatic carbocycles. The third-order valence-electron chi connectivity index (χ3n) is 4.42. The molecule has 0 aliphatic heterocycles. The fourth-order valence-corrected chi connectivity index (χ4v) is 4.09. The van der Waals surface area contributed by atoms with Crippen molar-refractivity contribution in [1.29, 1.82) is 0 Å². The van der Waals surface area contributed by atoms with Gasteiger partial charge in [-0.3, -0.25) is 9.59 Å². The second kappa shape index (κ2) is 12.0. The van der Waals surface area contributed by atoms with Crippen LogP contribution in [-0.2, 0) is 16.1 Å². The van der Waals surface area contributed by atoms with E-state index >= 15 is 0 Å². The molecular formula is C23H29BrN2O2S. The third kappa shape index (κ3) is 8.23. The largest absolute Gasteiger partial charge is 0.354 e. The summed E-state index contributed by atoms with van der Waals surface area (Å²) < 4.78 is 0.957. The maximum absolute atomic E-state index is 13.0. The van der Waals surface area contributed by atoms with Crippen LogP contribution in [0.1, 0.15) is 32.8 Å². The SMILES string of the molecule is CC(C)CNC(=O)C(C)N(Cc1cccc(Br)c1)C(=O)CCSc1ccccc1. The molecule has 0 saturated carbocycles. The van der Waals surface area contributed by atoms with E-state index < -0.39 is 6.04 Å². The van der Waals surface area contributed by atoms with Gasteiger partial charge in [0.05, 0.1) is 0 Å². The second-order valence-electron chi connectivity index (χ2n) is 7.38. The predicted molar refractivity (Wildman–Crippen MR) is 124 cm³/mol. The smallest absolute Gasteiger partial charge is 0.242 e. The zero-order chi connectivity index (χ0) is 21.2. The summed E-state index contributed by atoms with van der Waals surface area (Å²) in [6, 6.07) is 17.4. The van der Waals surface area contributed by atoms with E-state index in [-0.39, 0.29) is 11.8 Å². The molecule has 0 aromatic heterocycles. The molecule has 0 aliphatic carbocycles. The Balaban J connectivity index is 2.05. The number of nitrogens with zero attached hydrogens (tertiary/aromatic N) is 1. The Hall–Kier alpha value is -1.79. The first-order valence-electron chi connectivity index (χ1n) is 9.86. The lowest BCUT2D eigenvalue weighted by Gasteiger charge is -2.29. The molecule has 0 aliphatic rings. The average molecular weight is 477 g/mol. The van der Waals surface area contributed by atoms with Crippen LogP contribution >= 0.6 is 27.7 Å². The van der Waals surface area contributed by atoms with E-state index in [1.807, 2.05) is 54.6 Å². The molecule has 0 spiro atoms. The van der Waals surface area contributed by atoms with Gasteiger partial charge in [0.25, 0.3) is 0 Å². The molecule has 156 valence electrons. The maximum Gasteiger partial charge on any atom is 0.242 e. The summed E-state index contributed by atoms with van der Waals surface area (Å²) in [5.41, 5.74) is 0.993. The summed E-state index contributed by atoms with van der Waals surface area (Å²) in [6.45, 7) is 6.92. The van der Waals surface area contributed by atoms with Crippen molar-refractivity contribution in [2.45, 2.75) is 44.7 Å². The number of halogens is 1. The molecule has 2 amide bonds. The summed E-state index contributed by atoms with van der Waals surface area (Å²) in [6.07, 6.45) is 0.384. The number of thioether (sulfide) groups is 1. The quantitative estimate of drug-likeness (QED) is 0.484. The molecule has 6 heteroatoms. The van der Waals surface area contributed by atoms with Crippen LogP contribution in [0.3, 0.4) is 0 Å². The molecule has 4 nitrogen and oxygen atoms in total. The number of rotatable bonds is 10. The van der Waals surface area contributed by atoms with E-state index in [0.717, 1.165) is 14.9 Å². The Morgan fingerprint density at radius 2 is 1.79 bits per heavy atom. The van der Waals surface area contributed by atoms with Crippen LogP contribution in [0.4, 0.5) is 0 Å². The summed E-state index contributed by atoms with van der Waals surface area (Å²) in [5, 5.41) is 2.95. The monoisotopic (exact) mass is 476 g/mol. The van der Waals surface area contributed by atoms with Crippen LogP contribution in [0.5, 0.6) is 0 Å². The van der Waals surface area contributed by atoms with Crippen molar-refractivity contribution in [2.75, 3.05) is 12.3 Å². The van der Waals surface area contributed by atoms with Gasteiger partial charge >= 0.3 is 0 Å². The number of hydrogen-bond acceptors (Lipinski definition) is 3. The zero-order valence-electron chi connectivity index (χ0n) is 17.2. The molecular weight excluding hydrogens is 448 g/mol. The van der Waals surface area contributed by atoms with Gasteiger partial charge in [-0.15, -0.1) is 11.8 Å². The molecule has 0 saturated heterocycles. The highest BCUT2D eigenvalue weighted by molar-refractivity contribution is 9.10. The Bertz CT molecular complexity index is 798. The molecule has 0 radical (unpaired) electrons. The fourth-order valence-electron chi connectivity index (χ4n) is 2.78. The molecule has 0 fully saturated rings. The van der Waals surface area contributed by atoms with Crippen molar-refractivity contribution in [3.63, 3.8) is 0 Å². The molecule has 1 atom stereocenters. The van der Waals surface area contributed by atoms with Crippen LogP contribution in [-0.4, -0.2) is 35.1 Å². The molecule has 2 rings (SSSR count). The van der Waals surface area contributed by atoms with Crippen molar-refractivity contribution < 1.29 is 9.59 Å². The summed E-state index contributed by atoms with van der Waals surface area (Å²) >= 11 is 5.13. The highest BCUT2D eigenvalue weighted by Crippen LogP contribution is 2.20. The molecule has 0 heterocycles. The Kier molecular flexibility index (Phi) is 9.74. The minimum absolute atomic E-state index is 0.0133. The van der Waals surface area contributed by atoms with E-state index in [9.17, 15) is 9.59 Å². The fraction of sp³-hybridized carbons (Fsp3) is 0.391. The highest BCUT2D eigenvalue weighted by atomic mass is 79.9. The number of carbonyl (C=O) groups excluding carboxylic acids is 2. The van der Waals surface area contributed by atoms with Gasteiger partial charge in [0, 0.05) is 34.6 Å². The van der Waals surface area contributed by atoms with Crippen LogP contribution in [0.25, 0.3) is 0 Å². The number of amides is 2. The first-order chi connectivity index (χ1) is 13.9. The molecule has 2 aromatic rings. The number of nitrogens with one attached hydrogen (secondary N) is 1. The minimum Gasteiger partial charge on any atom is -0.354 e. The first kappa shape index (κ1) is 23.5. The molecule has 1 N–H and O–H groups in total. The van der Waals surface area contributed by atoms with Crippen LogP contribution in [0.2, 0.25) is 0 Å². The number of benzene rings is 2. The van der Waals surface area contributed by atoms with Gasteiger partial charge in [0.2, 0.25) is 11.8 Å². The molecule has 29 heavy (non-hydrogen) atoms. The topological polar surface area (TPSA) is 49.4 Å². The Labute approximate surface area is 186 Å². The van der Waals surface area contributed by atoms with Crippen molar-refractivity contribution in [2.24, 2.45) is 5.92 Å². The van der Waals surface area contributed by atoms with Crippen LogP contribution < -0.4 is 5.32 Å². The normalized spacial score (nSPS) is 11.9. The maximum atomic E-state index is 13.0. The van der Waals surface area contributed by atoms with Gasteiger partial charge in [-0.05, 0) is 42.7 Å². The predicted octanol–water partition coefficient (Wildman–Crippen LogP) is 5.12. The summed E-state index contributed by atoms with van der Waals surface area (Å²) in [4.78, 5) is 28.5. The van der Waals surface area contributed by atoms with Crippen LogP contribution in [0, 0.1) is 5.92 Å². The third-order valence-corrected chi connectivity index (χ3v) is 5.93. The van der Waals surface area contributed by atoms with Crippen molar-refractivity contribution >= 4 is 39.5 Å². The second-order valence-corrected chi connectivity index (χ2v) is 9.46. The summed E-state index contributed by atoms with van der Waals surface area (Å²) in [5.74, 6) is 0.916. The number of carbonyl (C=O) groups is 2. The van der Waals surface area contributed by atoms with Gasteiger partial charge in [-0.25, -0.2) is 0 Å². The number of hydrogen-bond donors (Lipinski definition) is 1. The zero-order valence-corrected chi connectivity index (χ0v) is 19.6. The van der Waals surface area contributed by atoms with Gasteiger partial charge in [0.1, 0.15) is 6.04 Å². The summed E-state index contributed by atoms with van der Waals surface area (Å²) in [7, 11) is 0. The van der Waals surface area contributed by atoms with Gasteiger partial charge in [-0.1, -0.05) is 60.1 Å². The minimum atomic E-state index is -0.526. The van der Waals surface area contributed by atoms with E-state index in [4.69, 9.17) is 0 Å². The van der Waals surface area contributed by atoms with E-state index in [0.29, 0.717) is 31.2 Å². The molecule has 0 bridgehead atoms. The van der Waals surface area contributed by atoms with E-state index in [1.165, 1.54) is 0 Å². The van der Waals surface area contributed by atoms with E-state index in [2.05, 4.69) is 35.1 Å². The Morgan fingerprint density at radius 1 is 1.07 bits per heavy atom. The lowest BCUT2D eigenvalue weighted by Crippen LogP contribution is -2.48. The van der Waals surface area contributed by atoms with Crippen molar-refractivity contribution in [3.8, 4) is 0 Å². The van der Waals surface area contributed by atoms with Gasteiger partial charge in [0.15, 0.2) is 0 Å². The lowest BCUT2D eigenvalue weighted by molar-refractivity contribution is -0.140. The van der Waals surface area contributed by atoms with Gasteiger partial charge in [-0.2, -0.15) is 0 Å². The van der Waals surface area contributed by atoms with Crippen molar-refractivity contribution in [1.82, 2.24) is 10.2 Å². The van der Waals surface area contributed by atoms with Crippen LogP contribution in [0.15, 0.2) is 64.0 Å². The standard InChI is InChI=1S/C23H29BrN2O2S/c1-17(2)15-25-23(28)18(3)26(16-19-8-7-9-20(24)14-19)22(27)12-13-29-21-10-5-4-6-11-21/h4-11,14,17-18H,12-13,15-16H2,1-3H3,(H,25,28).